The number of methoxy groups -OCH3 is 1. The topological polar surface area (TPSA) is 56.5 Å². The van der Waals surface area contributed by atoms with Crippen LogP contribution >= 0.6 is 0 Å². The molecule has 21 heavy (non-hydrogen) atoms. The summed E-state index contributed by atoms with van der Waals surface area (Å²) in [6.07, 6.45) is 3.58. The summed E-state index contributed by atoms with van der Waals surface area (Å²) in [6, 6.07) is 5.82. The highest BCUT2D eigenvalue weighted by atomic mass is 16.5. The second-order valence-electron chi connectivity index (χ2n) is 5.61. The molecule has 1 N–H and O–H groups in total. The third kappa shape index (κ3) is 2.61. The Morgan fingerprint density at radius 1 is 1.43 bits per heavy atom. The van der Waals surface area contributed by atoms with Crippen LogP contribution in [0.15, 0.2) is 30.6 Å². The number of hydrogen-bond acceptors (Lipinski definition) is 4. The Hall–Kier alpha value is -2.01. The maximum atomic E-state index is 10.4. The summed E-state index contributed by atoms with van der Waals surface area (Å²) in [7, 11) is 1.61. The Labute approximate surface area is 124 Å². The Morgan fingerprint density at radius 3 is 2.90 bits per heavy atom. The van der Waals surface area contributed by atoms with Gasteiger partial charge in [-0.3, -0.25) is 4.68 Å². The lowest BCUT2D eigenvalue weighted by molar-refractivity contribution is 0.0654. The van der Waals surface area contributed by atoms with Crippen LogP contribution in [0.25, 0.3) is 0 Å². The Morgan fingerprint density at radius 2 is 2.24 bits per heavy atom. The molecular weight excluding hydrogens is 268 g/mol. The minimum absolute atomic E-state index is 0.173. The number of nitrogens with zero attached hydrogens (tertiary/aromatic N) is 2. The largest absolute Gasteiger partial charge is 0.497 e. The molecule has 2 unspecified atom stereocenters. The Bertz CT molecular complexity index is 636. The minimum Gasteiger partial charge on any atom is -0.497 e. The van der Waals surface area contributed by atoms with Crippen LogP contribution in [0.5, 0.6) is 11.5 Å². The minimum atomic E-state index is -0.559. The number of fused-ring (bicyclic) bond motifs is 1. The van der Waals surface area contributed by atoms with Gasteiger partial charge >= 0.3 is 0 Å². The van der Waals surface area contributed by atoms with Gasteiger partial charge in [-0.2, -0.15) is 5.10 Å². The molecule has 2 aromatic rings. The third-order valence-electron chi connectivity index (χ3n) is 3.80. The quantitative estimate of drug-likeness (QED) is 0.943. The van der Waals surface area contributed by atoms with Crippen molar-refractivity contribution in [3.8, 4) is 11.5 Å². The van der Waals surface area contributed by atoms with Gasteiger partial charge in [0.1, 0.15) is 17.6 Å². The summed E-state index contributed by atoms with van der Waals surface area (Å²) in [5, 5.41) is 14.7. The molecule has 0 fully saturated rings. The fourth-order valence-corrected chi connectivity index (χ4v) is 2.56. The summed E-state index contributed by atoms with van der Waals surface area (Å²) in [5.74, 6) is 1.43. The van der Waals surface area contributed by atoms with E-state index in [1.807, 2.05) is 35.3 Å². The summed E-state index contributed by atoms with van der Waals surface area (Å²) in [6.45, 7) is 4.16. The molecule has 1 aromatic carbocycles. The molecule has 1 aromatic heterocycles. The zero-order valence-corrected chi connectivity index (χ0v) is 12.5. The molecular formula is C16H20N2O3. The van der Waals surface area contributed by atoms with Crippen LogP contribution in [0.3, 0.4) is 0 Å². The molecule has 5 heteroatoms. The van der Waals surface area contributed by atoms with Crippen LogP contribution < -0.4 is 9.47 Å². The molecule has 2 heterocycles. The van der Waals surface area contributed by atoms with Gasteiger partial charge in [0.2, 0.25) is 0 Å². The zero-order valence-electron chi connectivity index (χ0n) is 12.5. The van der Waals surface area contributed by atoms with E-state index < -0.39 is 6.10 Å². The lowest BCUT2D eigenvalue weighted by atomic mass is 9.96. The molecule has 1 aliphatic rings. The summed E-state index contributed by atoms with van der Waals surface area (Å²) in [5.41, 5.74) is 1.77. The van der Waals surface area contributed by atoms with Gasteiger partial charge in [-0.1, -0.05) is 0 Å². The molecule has 0 aliphatic carbocycles. The monoisotopic (exact) mass is 288 g/mol. The first kappa shape index (κ1) is 13.9. The molecule has 0 amide bonds. The van der Waals surface area contributed by atoms with E-state index in [2.05, 4.69) is 18.9 Å². The smallest absolute Gasteiger partial charge is 0.130 e. The van der Waals surface area contributed by atoms with E-state index in [-0.39, 0.29) is 6.10 Å². The van der Waals surface area contributed by atoms with E-state index >= 15 is 0 Å². The number of ether oxygens (including phenoxy) is 2. The predicted octanol–water partition coefficient (Wildman–Crippen LogP) is 3.03. The van der Waals surface area contributed by atoms with Gasteiger partial charge in [0.05, 0.1) is 19.4 Å². The number of hydrogen-bond donors (Lipinski definition) is 1. The van der Waals surface area contributed by atoms with Gasteiger partial charge in [0, 0.05) is 29.8 Å². The first-order valence-electron chi connectivity index (χ1n) is 7.15. The maximum Gasteiger partial charge on any atom is 0.130 e. The van der Waals surface area contributed by atoms with Crippen molar-refractivity contribution in [1.29, 1.82) is 0 Å². The van der Waals surface area contributed by atoms with Gasteiger partial charge in [-0.25, -0.2) is 0 Å². The van der Waals surface area contributed by atoms with Crippen molar-refractivity contribution < 1.29 is 14.6 Å². The standard InChI is InChI=1S/C16H20N2O3/c1-10(2)18-9-11(8-17-18)16-7-14(19)13-6-12(20-3)4-5-15(13)21-16/h4-6,8-10,14,16,19H,7H2,1-3H3. The van der Waals surface area contributed by atoms with E-state index in [9.17, 15) is 5.11 Å². The van der Waals surface area contributed by atoms with Gasteiger partial charge in [-0.05, 0) is 32.0 Å². The van der Waals surface area contributed by atoms with E-state index in [1.54, 1.807) is 7.11 Å². The molecule has 0 spiro atoms. The number of rotatable bonds is 3. The second-order valence-corrected chi connectivity index (χ2v) is 5.61. The molecule has 112 valence electrons. The molecule has 1 aliphatic heterocycles. The SMILES string of the molecule is COc1ccc2c(c1)C(O)CC(c1cnn(C(C)C)c1)O2. The normalized spacial score (nSPS) is 21.0. The predicted molar refractivity (Wildman–Crippen MR) is 78.6 cm³/mol. The van der Waals surface area contributed by atoms with Crippen LogP contribution in [-0.2, 0) is 0 Å². The van der Waals surface area contributed by atoms with Crippen molar-refractivity contribution >= 4 is 0 Å². The summed E-state index contributed by atoms with van der Waals surface area (Å²) < 4.78 is 13.1. The van der Waals surface area contributed by atoms with Crippen LogP contribution in [0, 0.1) is 0 Å². The Kier molecular flexibility index (Phi) is 3.59. The van der Waals surface area contributed by atoms with Crippen LogP contribution in [-0.4, -0.2) is 22.0 Å². The number of aliphatic hydroxyl groups is 1. The van der Waals surface area contributed by atoms with Gasteiger partial charge < -0.3 is 14.6 Å². The lowest BCUT2D eigenvalue weighted by Crippen LogP contribution is -2.18. The highest BCUT2D eigenvalue weighted by Gasteiger charge is 2.29. The first-order chi connectivity index (χ1) is 10.1. The van der Waals surface area contributed by atoms with E-state index in [0.717, 1.165) is 16.9 Å². The first-order valence-corrected chi connectivity index (χ1v) is 7.15. The molecule has 0 radical (unpaired) electrons. The fourth-order valence-electron chi connectivity index (χ4n) is 2.56. The molecule has 0 saturated heterocycles. The fraction of sp³-hybridized carbons (Fsp3) is 0.438. The van der Waals surface area contributed by atoms with Crippen molar-refractivity contribution in [2.24, 2.45) is 0 Å². The molecule has 3 rings (SSSR count). The second kappa shape index (κ2) is 5.41. The molecule has 5 nitrogen and oxygen atoms in total. The highest BCUT2D eigenvalue weighted by molar-refractivity contribution is 5.43. The lowest BCUT2D eigenvalue weighted by Gasteiger charge is -2.29. The molecule has 2 atom stereocenters. The number of aromatic nitrogens is 2. The van der Waals surface area contributed by atoms with Crippen molar-refractivity contribution in [1.82, 2.24) is 9.78 Å². The maximum absolute atomic E-state index is 10.4. The average Bonchev–Trinajstić information content (AvgIpc) is 2.97. The van der Waals surface area contributed by atoms with Gasteiger partial charge in [0.25, 0.3) is 0 Å². The highest BCUT2D eigenvalue weighted by Crippen LogP contribution is 2.42. The van der Waals surface area contributed by atoms with E-state index in [0.29, 0.717) is 18.2 Å². The number of aliphatic hydroxyl groups excluding tert-OH is 1. The summed E-state index contributed by atoms with van der Waals surface area (Å²) in [4.78, 5) is 0. The van der Waals surface area contributed by atoms with Crippen molar-refractivity contribution in [3.63, 3.8) is 0 Å². The summed E-state index contributed by atoms with van der Waals surface area (Å²) >= 11 is 0. The van der Waals surface area contributed by atoms with E-state index in [1.165, 1.54) is 0 Å². The van der Waals surface area contributed by atoms with Gasteiger partial charge in [-0.15, -0.1) is 0 Å². The average molecular weight is 288 g/mol. The number of benzene rings is 1. The van der Waals surface area contributed by atoms with Gasteiger partial charge in [0.15, 0.2) is 0 Å². The molecule has 0 bridgehead atoms. The van der Waals surface area contributed by atoms with Crippen LogP contribution in [0.4, 0.5) is 0 Å². The molecule has 0 saturated carbocycles. The van der Waals surface area contributed by atoms with Crippen molar-refractivity contribution in [2.45, 2.75) is 38.5 Å². The van der Waals surface area contributed by atoms with Crippen LogP contribution in [0.2, 0.25) is 0 Å². The van der Waals surface area contributed by atoms with Crippen molar-refractivity contribution in [2.75, 3.05) is 7.11 Å². The van der Waals surface area contributed by atoms with Crippen LogP contribution in [0.1, 0.15) is 49.6 Å². The Balaban J connectivity index is 1.87. The third-order valence-corrected chi connectivity index (χ3v) is 3.80. The zero-order chi connectivity index (χ0) is 15.0. The van der Waals surface area contributed by atoms with Crippen molar-refractivity contribution in [3.05, 3.63) is 41.7 Å². The van der Waals surface area contributed by atoms with E-state index in [4.69, 9.17) is 9.47 Å².